The molecule has 0 aliphatic heterocycles. The molecular formula is C14H18N4OS. The number of hydrogen-bond acceptors (Lipinski definition) is 5. The van der Waals surface area contributed by atoms with Crippen LogP contribution in [0.2, 0.25) is 0 Å². The molecule has 1 N–H and O–H groups in total. The van der Waals surface area contributed by atoms with Crippen LogP contribution in [0.4, 0.5) is 5.13 Å². The third-order valence-corrected chi connectivity index (χ3v) is 3.72. The Bertz CT molecular complexity index is 541. The van der Waals surface area contributed by atoms with Crippen LogP contribution >= 0.6 is 11.3 Å². The van der Waals surface area contributed by atoms with Crippen molar-refractivity contribution in [1.82, 2.24) is 15.2 Å². The van der Waals surface area contributed by atoms with Gasteiger partial charge in [-0.2, -0.15) is 0 Å². The zero-order valence-electron chi connectivity index (χ0n) is 11.5. The molecule has 0 aliphatic carbocycles. The first-order valence-electron chi connectivity index (χ1n) is 6.79. The van der Waals surface area contributed by atoms with Crippen LogP contribution in [0.15, 0.2) is 24.5 Å². The van der Waals surface area contributed by atoms with Gasteiger partial charge in [-0.1, -0.05) is 30.7 Å². The van der Waals surface area contributed by atoms with Crippen LogP contribution in [0, 0.1) is 0 Å². The fourth-order valence-electron chi connectivity index (χ4n) is 1.72. The molecule has 2 aromatic rings. The molecule has 2 aromatic heterocycles. The predicted molar refractivity (Wildman–Crippen MR) is 79.7 cm³/mol. The predicted octanol–water partition coefficient (Wildman–Crippen LogP) is 2.85. The molecule has 2 heterocycles. The lowest BCUT2D eigenvalue weighted by Gasteiger charge is -2.01. The molecule has 0 aromatic carbocycles. The first-order valence-corrected chi connectivity index (χ1v) is 7.60. The van der Waals surface area contributed by atoms with Crippen molar-refractivity contribution in [3.05, 3.63) is 35.1 Å². The van der Waals surface area contributed by atoms with Gasteiger partial charge in [-0.3, -0.25) is 9.78 Å². The van der Waals surface area contributed by atoms with Crippen LogP contribution in [-0.2, 0) is 17.6 Å². The Morgan fingerprint density at radius 3 is 3.00 bits per heavy atom. The highest BCUT2D eigenvalue weighted by Gasteiger charge is 2.08. The molecule has 2 rings (SSSR count). The summed E-state index contributed by atoms with van der Waals surface area (Å²) in [6.07, 6.45) is 7.77. The van der Waals surface area contributed by atoms with Crippen LogP contribution in [0.25, 0.3) is 0 Å². The maximum atomic E-state index is 11.8. The first-order chi connectivity index (χ1) is 9.78. The number of rotatable bonds is 7. The maximum absolute atomic E-state index is 11.8. The van der Waals surface area contributed by atoms with Gasteiger partial charge in [0.2, 0.25) is 11.0 Å². The SMILES string of the molecule is CCCCc1nnc(NC(=O)CCc2cccnc2)s1. The molecular weight excluding hydrogens is 272 g/mol. The molecule has 106 valence electrons. The van der Waals surface area contributed by atoms with Crippen molar-refractivity contribution in [1.29, 1.82) is 0 Å². The van der Waals surface area contributed by atoms with Gasteiger partial charge in [0.25, 0.3) is 0 Å². The molecule has 0 saturated carbocycles. The highest BCUT2D eigenvalue weighted by molar-refractivity contribution is 7.15. The van der Waals surface area contributed by atoms with E-state index >= 15 is 0 Å². The van der Waals surface area contributed by atoms with E-state index in [0.29, 0.717) is 18.0 Å². The molecule has 1 amide bonds. The third kappa shape index (κ3) is 4.70. The van der Waals surface area contributed by atoms with Crippen molar-refractivity contribution < 1.29 is 4.79 Å². The number of carbonyl (C=O) groups is 1. The summed E-state index contributed by atoms with van der Waals surface area (Å²) in [6, 6.07) is 3.84. The molecule has 0 unspecified atom stereocenters. The second kappa shape index (κ2) is 7.69. The van der Waals surface area contributed by atoms with E-state index in [-0.39, 0.29) is 5.91 Å². The summed E-state index contributed by atoms with van der Waals surface area (Å²) in [4.78, 5) is 15.8. The monoisotopic (exact) mass is 290 g/mol. The van der Waals surface area contributed by atoms with Gasteiger partial charge in [-0.15, -0.1) is 10.2 Å². The van der Waals surface area contributed by atoms with E-state index in [9.17, 15) is 4.79 Å². The van der Waals surface area contributed by atoms with Crippen LogP contribution < -0.4 is 5.32 Å². The quantitative estimate of drug-likeness (QED) is 0.851. The smallest absolute Gasteiger partial charge is 0.226 e. The van der Waals surface area contributed by atoms with E-state index in [2.05, 4.69) is 27.4 Å². The number of carbonyl (C=O) groups excluding carboxylic acids is 1. The molecule has 0 bridgehead atoms. The molecule has 0 atom stereocenters. The number of nitrogens with one attached hydrogen (secondary N) is 1. The zero-order valence-corrected chi connectivity index (χ0v) is 12.3. The molecule has 20 heavy (non-hydrogen) atoms. The number of unbranched alkanes of at least 4 members (excludes halogenated alkanes) is 1. The molecule has 0 aliphatic rings. The molecule has 6 heteroatoms. The van der Waals surface area contributed by atoms with Gasteiger partial charge >= 0.3 is 0 Å². The van der Waals surface area contributed by atoms with Gasteiger partial charge in [0, 0.05) is 25.2 Å². The minimum absolute atomic E-state index is 0.0351. The Kier molecular flexibility index (Phi) is 5.61. The summed E-state index contributed by atoms with van der Waals surface area (Å²) in [5.41, 5.74) is 1.06. The highest BCUT2D eigenvalue weighted by Crippen LogP contribution is 2.17. The summed E-state index contributed by atoms with van der Waals surface area (Å²) in [7, 11) is 0. The van der Waals surface area contributed by atoms with Crippen molar-refractivity contribution in [3.63, 3.8) is 0 Å². The minimum Gasteiger partial charge on any atom is -0.301 e. The summed E-state index contributed by atoms with van der Waals surface area (Å²) < 4.78 is 0. The van der Waals surface area contributed by atoms with Crippen LogP contribution in [0.3, 0.4) is 0 Å². The van der Waals surface area contributed by atoms with E-state index in [0.717, 1.165) is 29.8 Å². The van der Waals surface area contributed by atoms with Crippen LogP contribution in [0.5, 0.6) is 0 Å². The van der Waals surface area contributed by atoms with Crippen molar-refractivity contribution in [2.24, 2.45) is 0 Å². The van der Waals surface area contributed by atoms with Gasteiger partial charge in [0.15, 0.2) is 0 Å². The molecule has 0 spiro atoms. The number of pyridine rings is 1. The Balaban J connectivity index is 1.78. The lowest BCUT2D eigenvalue weighted by molar-refractivity contribution is -0.116. The first kappa shape index (κ1) is 14.6. The third-order valence-electron chi connectivity index (χ3n) is 2.82. The van der Waals surface area contributed by atoms with E-state index in [1.807, 2.05) is 12.1 Å². The largest absolute Gasteiger partial charge is 0.301 e. The lowest BCUT2D eigenvalue weighted by atomic mass is 10.1. The molecule has 0 fully saturated rings. The van der Waals surface area contributed by atoms with Gasteiger partial charge in [0.1, 0.15) is 5.01 Å². The lowest BCUT2D eigenvalue weighted by Crippen LogP contribution is -2.12. The number of hydrogen-bond donors (Lipinski definition) is 1. The fourth-order valence-corrected chi connectivity index (χ4v) is 2.52. The van der Waals surface area contributed by atoms with Crippen LogP contribution in [-0.4, -0.2) is 21.1 Å². The Labute approximate surface area is 122 Å². The maximum Gasteiger partial charge on any atom is 0.226 e. The average molecular weight is 290 g/mol. The summed E-state index contributed by atoms with van der Waals surface area (Å²) in [5.74, 6) is -0.0351. The standard InChI is InChI=1S/C14H18N4OS/c1-2-3-6-13-17-18-14(20-13)16-12(19)8-7-11-5-4-9-15-10-11/h4-5,9-10H,2-3,6-8H2,1H3,(H,16,18,19). The Morgan fingerprint density at radius 1 is 1.35 bits per heavy atom. The number of aryl methyl sites for hydroxylation is 2. The Morgan fingerprint density at radius 2 is 2.25 bits per heavy atom. The second-order valence-electron chi connectivity index (χ2n) is 4.51. The van der Waals surface area contributed by atoms with Crippen molar-refractivity contribution in [3.8, 4) is 0 Å². The van der Waals surface area contributed by atoms with Gasteiger partial charge in [0.05, 0.1) is 0 Å². The topological polar surface area (TPSA) is 67.8 Å². The minimum atomic E-state index is -0.0351. The second-order valence-corrected chi connectivity index (χ2v) is 5.58. The zero-order chi connectivity index (χ0) is 14.2. The average Bonchev–Trinajstić information content (AvgIpc) is 2.91. The van der Waals surface area contributed by atoms with Crippen molar-refractivity contribution in [2.45, 2.75) is 39.0 Å². The molecule has 5 nitrogen and oxygen atoms in total. The molecule has 0 saturated heterocycles. The van der Waals surface area contributed by atoms with Gasteiger partial charge in [-0.05, 0) is 24.5 Å². The number of aromatic nitrogens is 3. The number of amides is 1. The summed E-state index contributed by atoms with van der Waals surface area (Å²) in [5, 5.41) is 12.4. The van der Waals surface area contributed by atoms with Crippen molar-refractivity contribution in [2.75, 3.05) is 5.32 Å². The summed E-state index contributed by atoms with van der Waals surface area (Å²) >= 11 is 1.46. The normalized spacial score (nSPS) is 10.4. The number of anilines is 1. The highest BCUT2D eigenvalue weighted by atomic mass is 32.1. The summed E-state index contributed by atoms with van der Waals surface area (Å²) in [6.45, 7) is 2.14. The van der Waals surface area contributed by atoms with E-state index in [4.69, 9.17) is 0 Å². The van der Waals surface area contributed by atoms with Crippen LogP contribution in [0.1, 0.15) is 36.8 Å². The molecule has 0 radical (unpaired) electrons. The van der Waals surface area contributed by atoms with E-state index in [1.54, 1.807) is 12.4 Å². The van der Waals surface area contributed by atoms with E-state index < -0.39 is 0 Å². The van der Waals surface area contributed by atoms with Gasteiger partial charge in [-0.25, -0.2) is 0 Å². The van der Waals surface area contributed by atoms with Gasteiger partial charge < -0.3 is 5.32 Å². The van der Waals surface area contributed by atoms with Crippen molar-refractivity contribution >= 4 is 22.4 Å². The Hall–Kier alpha value is -1.82. The van der Waals surface area contributed by atoms with E-state index in [1.165, 1.54) is 11.3 Å². The number of nitrogens with zero attached hydrogens (tertiary/aromatic N) is 3. The fraction of sp³-hybridized carbons (Fsp3) is 0.429.